The van der Waals surface area contributed by atoms with E-state index in [1.165, 1.54) is 10.4 Å². The smallest absolute Gasteiger partial charge is 0.255 e. The maximum Gasteiger partial charge on any atom is 0.255 e. The van der Waals surface area contributed by atoms with Gasteiger partial charge in [-0.15, -0.1) is 11.3 Å². The van der Waals surface area contributed by atoms with E-state index in [0.717, 1.165) is 4.47 Å². The van der Waals surface area contributed by atoms with Crippen LogP contribution in [0.4, 0.5) is 0 Å². The zero-order chi connectivity index (χ0) is 14.0. The molecule has 0 radical (unpaired) electrons. The molecule has 2 nitrogen and oxygen atoms in total. The van der Waals surface area contributed by atoms with Crippen LogP contribution in [0.2, 0.25) is 5.02 Å². The zero-order valence-electron chi connectivity index (χ0n) is 10.6. The monoisotopic (exact) mass is 357 g/mol. The minimum absolute atomic E-state index is 0.0703. The summed E-state index contributed by atoms with van der Waals surface area (Å²) in [5, 5.41) is 2.51. The van der Waals surface area contributed by atoms with E-state index < -0.39 is 0 Å². The van der Waals surface area contributed by atoms with E-state index in [1.54, 1.807) is 35.4 Å². The molecule has 19 heavy (non-hydrogen) atoms. The van der Waals surface area contributed by atoms with Gasteiger partial charge in [-0.1, -0.05) is 27.5 Å². The van der Waals surface area contributed by atoms with Crippen molar-refractivity contribution < 1.29 is 4.79 Å². The van der Waals surface area contributed by atoms with Gasteiger partial charge < -0.3 is 4.90 Å². The fourth-order valence-corrected chi connectivity index (χ4v) is 3.24. The van der Waals surface area contributed by atoms with Crippen LogP contribution in [-0.4, -0.2) is 17.9 Å². The lowest BCUT2D eigenvalue weighted by Gasteiger charge is -2.17. The Kier molecular flexibility index (Phi) is 4.66. The minimum Gasteiger partial charge on any atom is -0.337 e. The molecule has 5 heteroatoms. The molecule has 0 bridgehead atoms. The van der Waals surface area contributed by atoms with Crippen LogP contribution in [0.1, 0.15) is 20.8 Å². The van der Waals surface area contributed by atoms with E-state index in [9.17, 15) is 4.79 Å². The number of benzene rings is 1. The molecule has 0 aliphatic carbocycles. The fraction of sp³-hybridized carbons (Fsp3) is 0.214. The molecule has 1 aromatic heterocycles. The predicted octanol–water partition coefficient (Wildman–Crippen LogP) is 4.74. The van der Waals surface area contributed by atoms with Gasteiger partial charge in [0.25, 0.3) is 5.91 Å². The van der Waals surface area contributed by atoms with Crippen molar-refractivity contribution in [1.82, 2.24) is 4.90 Å². The van der Waals surface area contributed by atoms with E-state index in [-0.39, 0.29) is 5.91 Å². The molecule has 0 spiro atoms. The number of rotatable bonds is 3. The summed E-state index contributed by atoms with van der Waals surface area (Å²) >= 11 is 11.1. The third-order valence-corrected chi connectivity index (χ3v) is 4.69. The van der Waals surface area contributed by atoms with Gasteiger partial charge in [0.05, 0.1) is 17.1 Å². The lowest BCUT2D eigenvalue weighted by molar-refractivity contribution is 0.0786. The normalized spacial score (nSPS) is 10.5. The molecule has 0 N–H and O–H groups in total. The summed E-state index contributed by atoms with van der Waals surface area (Å²) in [6.07, 6.45) is 0. The summed E-state index contributed by atoms with van der Waals surface area (Å²) in [6, 6.07) is 7.36. The summed E-state index contributed by atoms with van der Waals surface area (Å²) in [4.78, 5) is 15.3. The highest BCUT2D eigenvalue weighted by Gasteiger charge is 2.16. The first-order valence-corrected chi connectivity index (χ1v) is 7.77. The molecule has 0 aliphatic heterocycles. The number of aryl methyl sites for hydroxylation is 1. The van der Waals surface area contributed by atoms with Crippen molar-refractivity contribution in [2.75, 3.05) is 7.05 Å². The number of halogens is 2. The molecule has 0 fully saturated rings. The van der Waals surface area contributed by atoms with Crippen LogP contribution < -0.4 is 0 Å². The molecule has 0 atom stereocenters. The van der Waals surface area contributed by atoms with Crippen LogP contribution >= 0.6 is 38.9 Å². The van der Waals surface area contributed by atoms with Crippen LogP contribution in [0.5, 0.6) is 0 Å². The second-order valence-electron chi connectivity index (χ2n) is 4.31. The Morgan fingerprint density at radius 3 is 2.79 bits per heavy atom. The van der Waals surface area contributed by atoms with Crippen LogP contribution in [0.25, 0.3) is 0 Å². The Morgan fingerprint density at radius 2 is 2.16 bits per heavy atom. The SMILES string of the molecule is Cc1ccsc1CN(C)C(=O)c1cc(Br)ccc1Cl. The van der Waals surface area contributed by atoms with Crippen molar-refractivity contribution >= 4 is 44.8 Å². The van der Waals surface area contributed by atoms with Gasteiger partial charge in [-0.05, 0) is 42.1 Å². The predicted molar refractivity (Wildman–Crippen MR) is 84.0 cm³/mol. The maximum atomic E-state index is 12.4. The first kappa shape index (κ1) is 14.6. The van der Waals surface area contributed by atoms with Gasteiger partial charge in [0.15, 0.2) is 0 Å². The number of thiophene rings is 1. The second-order valence-corrected chi connectivity index (χ2v) is 6.64. The number of amides is 1. The summed E-state index contributed by atoms with van der Waals surface area (Å²) in [7, 11) is 1.79. The van der Waals surface area contributed by atoms with Gasteiger partial charge in [-0.3, -0.25) is 4.79 Å². The summed E-state index contributed by atoms with van der Waals surface area (Å²) in [5.74, 6) is -0.0703. The summed E-state index contributed by atoms with van der Waals surface area (Å²) in [6.45, 7) is 2.65. The Hall–Kier alpha value is -0.840. The lowest BCUT2D eigenvalue weighted by atomic mass is 10.2. The fourth-order valence-electron chi connectivity index (χ4n) is 1.72. The topological polar surface area (TPSA) is 20.3 Å². The van der Waals surface area contributed by atoms with Gasteiger partial charge in [0.1, 0.15) is 0 Å². The van der Waals surface area contributed by atoms with Gasteiger partial charge >= 0.3 is 0 Å². The van der Waals surface area contributed by atoms with Crippen molar-refractivity contribution in [2.24, 2.45) is 0 Å². The van der Waals surface area contributed by atoms with E-state index in [2.05, 4.69) is 28.9 Å². The highest BCUT2D eigenvalue weighted by Crippen LogP contribution is 2.24. The van der Waals surface area contributed by atoms with Crippen molar-refractivity contribution in [2.45, 2.75) is 13.5 Å². The molecule has 0 aliphatic rings. The summed E-state index contributed by atoms with van der Waals surface area (Å²) in [5.41, 5.74) is 1.73. The Balaban J connectivity index is 2.19. The number of hydrogen-bond acceptors (Lipinski definition) is 2. The Labute approximate surface area is 130 Å². The van der Waals surface area contributed by atoms with Crippen molar-refractivity contribution in [3.8, 4) is 0 Å². The van der Waals surface area contributed by atoms with Gasteiger partial charge in [0.2, 0.25) is 0 Å². The highest BCUT2D eigenvalue weighted by molar-refractivity contribution is 9.10. The van der Waals surface area contributed by atoms with E-state index in [0.29, 0.717) is 17.1 Å². The van der Waals surface area contributed by atoms with E-state index >= 15 is 0 Å². The van der Waals surface area contributed by atoms with Crippen LogP contribution in [-0.2, 0) is 6.54 Å². The first-order chi connectivity index (χ1) is 8.99. The highest BCUT2D eigenvalue weighted by atomic mass is 79.9. The molecular formula is C14H13BrClNOS. The quantitative estimate of drug-likeness (QED) is 0.775. The molecule has 2 rings (SSSR count). The van der Waals surface area contributed by atoms with Crippen molar-refractivity contribution in [1.29, 1.82) is 0 Å². The molecule has 0 saturated carbocycles. The van der Waals surface area contributed by atoms with Crippen LogP contribution in [0, 0.1) is 6.92 Å². The lowest BCUT2D eigenvalue weighted by Crippen LogP contribution is -2.26. The number of carbonyl (C=O) groups excluding carboxylic acids is 1. The van der Waals surface area contributed by atoms with E-state index in [1.807, 2.05) is 11.4 Å². The molecule has 1 amide bonds. The number of carbonyl (C=O) groups is 1. The molecule has 1 aromatic carbocycles. The van der Waals surface area contributed by atoms with Crippen LogP contribution in [0.15, 0.2) is 34.1 Å². The van der Waals surface area contributed by atoms with Gasteiger partial charge in [0, 0.05) is 16.4 Å². The average Bonchev–Trinajstić information content (AvgIpc) is 2.77. The molecular weight excluding hydrogens is 346 g/mol. The molecule has 100 valence electrons. The molecule has 0 saturated heterocycles. The average molecular weight is 359 g/mol. The van der Waals surface area contributed by atoms with Crippen molar-refractivity contribution in [3.05, 3.63) is 55.1 Å². The molecule has 2 aromatic rings. The van der Waals surface area contributed by atoms with E-state index in [4.69, 9.17) is 11.6 Å². The third-order valence-electron chi connectivity index (χ3n) is 2.85. The van der Waals surface area contributed by atoms with Crippen molar-refractivity contribution in [3.63, 3.8) is 0 Å². The number of nitrogens with zero attached hydrogens (tertiary/aromatic N) is 1. The Bertz CT molecular complexity index is 611. The summed E-state index contributed by atoms with van der Waals surface area (Å²) < 4.78 is 0.848. The standard InChI is InChI=1S/C14H13BrClNOS/c1-9-5-6-19-13(9)8-17(2)14(18)11-7-10(15)3-4-12(11)16/h3-7H,8H2,1-2H3. The number of hydrogen-bond donors (Lipinski definition) is 0. The van der Waals surface area contributed by atoms with Crippen LogP contribution in [0.3, 0.4) is 0 Å². The first-order valence-electron chi connectivity index (χ1n) is 5.72. The Morgan fingerprint density at radius 1 is 1.42 bits per heavy atom. The van der Waals surface area contributed by atoms with Gasteiger partial charge in [-0.25, -0.2) is 0 Å². The third kappa shape index (κ3) is 3.38. The van der Waals surface area contributed by atoms with Gasteiger partial charge in [-0.2, -0.15) is 0 Å². The largest absolute Gasteiger partial charge is 0.337 e. The molecule has 1 heterocycles. The maximum absolute atomic E-state index is 12.4. The second kappa shape index (κ2) is 6.07. The zero-order valence-corrected chi connectivity index (χ0v) is 13.8. The molecule has 0 unspecified atom stereocenters. The minimum atomic E-state index is -0.0703.